The largest absolute Gasteiger partial charge is 0.497 e. The summed E-state index contributed by atoms with van der Waals surface area (Å²) in [6, 6.07) is 13.6. The lowest BCUT2D eigenvalue weighted by Crippen LogP contribution is -2.08. The Morgan fingerprint density at radius 3 is 2.67 bits per heavy atom. The first kappa shape index (κ1) is 18.3. The molecule has 3 aromatic rings. The van der Waals surface area contributed by atoms with Crippen LogP contribution in [0.15, 0.2) is 48.5 Å². The third-order valence-corrected chi connectivity index (χ3v) is 5.16. The molecule has 7 heteroatoms. The van der Waals surface area contributed by atoms with Crippen LogP contribution in [0.25, 0.3) is 0 Å². The summed E-state index contributed by atoms with van der Waals surface area (Å²) in [5, 5.41) is 3.09. The van der Waals surface area contributed by atoms with E-state index < -0.39 is 5.82 Å². The summed E-state index contributed by atoms with van der Waals surface area (Å²) in [6.45, 7) is 0.644. The van der Waals surface area contributed by atoms with Gasteiger partial charge in [-0.3, -0.25) is 4.79 Å². The van der Waals surface area contributed by atoms with Crippen molar-refractivity contribution in [3.05, 3.63) is 76.6 Å². The SMILES string of the molecule is COc1cccc(CNc2cc3c(cc2F)C(=O)c2cc4c(cc2OC3)OCO4)c1. The van der Waals surface area contributed by atoms with Gasteiger partial charge in [-0.05, 0) is 35.9 Å². The predicted molar refractivity (Wildman–Crippen MR) is 107 cm³/mol. The first-order valence-corrected chi connectivity index (χ1v) is 9.43. The van der Waals surface area contributed by atoms with Crippen LogP contribution in [0, 0.1) is 5.82 Å². The number of benzene rings is 3. The quantitative estimate of drug-likeness (QED) is 0.696. The van der Waals surface area contributed by atoms with E-state index >= 15 is 0 Å². The van der Waals surface area contributed by atoms with E-state index in [1.165, 1.54) is 6.07 Å². The van der Waals surface area contributed by atoms with Gasteiger partial charge in [-0.1, -0.05) is 12.1 Å². The number of methoxy groups -OCH3 is 1. The Balaban J connectivity index is 1.43. The van der Waals surface area contributed by atoms with Gasteiger partial charge in [0, 0.05) is 23.7 Å². The molecule has 0 atom stereocenters. The first-order chi connectivity index (χ1) is 14.6. The zero-order valence-corrected chi connectivity index (χ0v) is 16.2. The van der Waals surface area contributed by atoms with E-state index in [0.29, 0.717) is 40.6 Å². The van der Waals surface area contributed by atoms with E-state index in [1.54, 1.807) is 25.3 Å². The van der Waals surface area contributed by atoms with Crippen molar-refractivity contribution < 1.29 is 28.1 Å². The van der Waals surface area contributed by atoms with Crippen LogP contribution in [0.2, 0.25) is 0 Å². The number of ether oxygens (including phenoxy) is 4. The highest BCUT2D eigenvalue weighted by molar-refractivity contribution is 6.12. The molecule has 0 fully saturated rings. The minimum atomic E-state index is -0.505. The smallest absolute Gasteiger partial charge is 0.231 e. The minimum Gasteiger partial charge on any atom is -0.497 e. The molecular formula is C23H18FNO5. The number of anilines is 1. The lowest BCUT2D eigenvalue weighted by atomic mass is 9.98. The zero-order valence-electron chi connectivity index (χ0n) is 16.2. The fraction of sp³-hybridized carbons (Fsp3) is 0.174. The fourth-order valence-electron chi connectivity index (χ4n) is 3.58. The van der Waals surface area contributed by atoms with Crippen LogP contribution in [-0.2, 0) is 13.2 Å². The number of carbonyl (C=O) groups is 1. The van der Waals surface area contributed by atoms with Gasteiger partial charge >= 0.3 is 0 Å². The normalized spacial score (nSPS) is 13.7. The standard InChI is InChI=1S/C23H18FNO5/c1-27-15-4-2-3-13(5-15)10-25-19-6-14-11-28-20-9-22-21(29-12-30-22)8-17(20)23(26)16(14)7-18(19)24/h2-9,25H,10-12H2,1H3. The maximum absolute atomic E-state index is 14.8. The van der Waals surface area contributed by atoms with Crippen molar-refractivity contribution >= 4 is 11.5 Å². The summed E-state index contributed by atoms with van der Waals surface area (Å²) >= 11 is 0. The first-order valence-electron chi connectivity index (χ1n) is 9.43. The van der Waals surface area contributed by atoms with Crippen molar-refractivity contribution in [1.29, 1.82) is 0 Å². The van der Waals surface area contributed by atoms with E-state index in [4.69, 9.17) is 18.9 Å². The highest BCUT2D eigenvalue weighted by Crippen LogP contribution is 2.41. The van der Waals surface area contributed by atoms with Gasteiger partial charge in [0.15, 0.2) is 17.3 Å². The monoisotopic (exact) mass is 407 g/mol. The van der Waals surface area contributed by atoms with E-state index in [0.717, 1.165) is 11.3 Å². The molecule has 30 heavy (non-hydrogen) atoms. The number of halogens is 1. The Bertz CT molecular complexity index is 1160. The van der Waals surface area contributed by atoms with Crippen molar-refractivity contribution in [2.75, 3.05) is 19.2 Å². The number of carbonyl (C=O) groups excluding carboxylic acids is 1. The van der Waals surface area contributed by atoms with Gasteiger partial charge in [-0.25, -0.2) is 4.39 Å². The van der Waals surface area contributed by atoms with Crippen LogP contribution in [0.5, 0.6) is 23.0 Å². The number of fused-ring (bicyclic) bond motifs is 3. The molecule has 3 aromatic carbocycles. The Kier molecular flexibility index (Phi) is 4.43. The fourth-order valence-corrected chi connectivity index (χ4v) is 3.58. The topological polar surface area (TPSA) is 66.0 Å². The van der Waals surface area contributed by atoms with Gasteiger partial charge in [0.25, 0.3) is 0 Å². The molecule has 0 saturated heterocycles. The Hall–Kier alpha value is -3.74. The number of nitrogens with one attached hydrogen (secondary N) is 1. The second kappa shape index (κ2) is 7.26. The van der Waals surface area contributed by atoms with Crippen LogP contribution >= 0.6 is 0 Å². The zero-order chi connectivity index (χ0) is 20.7. The third kappa shape index (κ3) is 3.18. The minimum absolute atomic E-state index is 0.0972. The lowest BCUT2D eigenvalue weighted by Gasteiger charge is -2.12. The van der Waals surface area contributed by atoms with Gasteiger partial charge in [0.05, 0.1) is 18.4 Å². The molecule has 0 radical (unpaired) electrons. The van der Waals surface area contributed by atoms with Gasteiger partial charge < -0.3 is 24.3 Å². The number of rotatable bonds is 4. The maximum Gasteiger partial charge on any atom is 0.231 e. The Labute approximate surface area is 172 Å². The molecule has 0 amide bonds. The molecule has 0 bridgehead atoms. The summed E-state index contributed by atoms with van der Waals surface area (Å²) in [7, 11) is 1.60. The molecule has 152 valence electrons. The molecule has 2 heterocycles. The highest BCUT2D eigenvalue weighted by Gasteiger charge is 2.28. The number of ketones is 1. The lowest BCUT2D eigenvalue weighted by molar-refractivity contribution is 0.103. The van der Waals surface area contributed by atoms with Crippen molar-refractivity contribution in [3.8, 4) is 23.0 Å². The van der Waals surface area contributed by atoms with Gasteiger partial charge in [0.2, 0.25) is 6.79 Å². The Morgan fingerprint density at radius 2 is 1.83 bits per heavy atom. The molecule has 0 unspecified atom stereocenters. The summed E-state index contributed by atoms with van der Waals surface area (Å²) in [6.07, 6.45) is 0. The molecular weight excluding hydrogens is 389 g/mol. The second-order valence-corrected chi connectivity index (χ2v) is 7.01. The van der Waals surface area contributed by atoms with E-state index in [-0.39, 0.29) is 24.7 Å². The maximum atomic E-state index is 14.8. The van der Waals surface area contributed by atoms with E-state index in [2.05, 4.69) is 5.32 Å². The molecule has 0 aliphatic carbocycles. The van der Waals surface area contributed by atoms with Crippen molar-refractivity contribution in [2.24, 2.45) is 0 Å². The number of hydrogen-bond donors (Lipinski definition) is 1. The van der Waals surface area contributed by atoms with Crippen LogP contribution in [0.1, 0.15) is 27.0 Å². The van der Waals surface area contributed by atoms with Crippen LogP contribution in [0.4, 0.5) is 10.1 Å². The van der Waals surface area contributed by atoms with Gasteiger partial charge in [-0.15, -0.1) is 0 Å². The van der Waals surface area contributed by atoms with E-state index in [1.807, 2.05) is 24.3 Å². The third-order valence-electron chi connectivity index (χ3n) is 5.16. The van der Waals surface area contributed by atoms with Crippen molar-refractivity contribution in [3.63, 3.8) is 0 Å². The van der Waals surface area contributed by atoms with Crippen molar-refractivity contribution in [2.45, 2.75) is 13.2 Å². The van der Waals surface area contributed by atoms with Crippen molar-refractivity contribution in [1.82, 2.24) is 0 Å². The highest BCUT2D eigenvalue weighted by atomic mass is 19.1. The number of hydrogen-bond acceptors (Lipinski definition) is 6. The summed E-state index contributed by atoms with van der Waals surface area (Å²) in [5.74, 6) is 1.31. The van der Waals surface area contributed by atoms with Gasteiger partial charge in [0.1, 0.15) is 23.9 Å². The van der Waals surface area contributed by atoms with Crippen LogP contribution in [0.3, 0.4) is 0 Å². The summed E-state index contributed by atoms with van der Waals surface area (Å²) in [4.78, 5) is 13.1. The van der Waals surface area contributed by atoms with Crippen LogP contribution in [-0.4, -0.2) is 19.7 Å². The second-order valence-electron chi connectivity index (χ2n) is 7.01. The van der Waals surface area contributed by atoms with Gasteiger partial charge in [-0.2, -0.15) is 0 Å². The molecule has 0 saturated carbocycles. The van der Waals surface area contributed by atoms with E-state index in [9.17, 15) is 9.18 Å². The average Bonchev–Trinajstić information content (AvgIpc) is 3.18. The molecule has 5 rings (SSSR count). The summed E-state index contributed by atoms with van der Waals surface area (Å²) < 4.78 is 36.6. The predicted octanol–water partition coefficient (Wildman–Crippen LogP) is 4.30. The molecule has 1 N–H and O–H groups in total. The summed E-state index contributed by atoms with van der Waals surface area (Å²) in [5.41, 5.74) is 2.45. The average molecular weight is 407 g/mol. The molecule has 2 aliphatic heterocycles. The molecule has 6 nitrogen and oxygen atoms in total. The Morgan fingerprint density at radius 1 is 1.00 bits per heavy atom. The molecule has 0 spiro atoms. The molecule has 0 aromatic heterocycles. The molecule has 2 aliphatic rings. The van der Waals surface area contributed by atoms with Crippen LogP contribution < -0.4 is 24.3 Å².